The van der Waals surface area contributed by atoms with Gasteiger partial charge >= 0.3 is 5.97 Å². The number of carbonyl (C=O) groups excluding carboxylic acids is 1. The van der Waals surface area contributed by atoms with Crippen molar-refractivity contribution in [3.8, 4) is 0 Å². The number of nitrogens with zero attached hydrogens (tertiary/aromatic N) is 3. The molecule has 2 heterocycles. The molecule has 0 saturated carbocycles. The number of Topliss-reactive ketones (excluding diaryl/α,β-unsaturated/α-hetero) is 1. The quantitative estimate of drug-likeness (QED) is 0.775. The second kappa shape index (κ2) is 4.26. The van der Waals surface area contributed by atoms with Crippen LogP contribution < -0.4 is 4.90 Å². The van der Waals surface area contributed by atoms with Crippen molar-refractivity contribution in [3.05, 3.63) is 18.1 Å². The molecular formula is C10H11N3O3. The van der Waals surface area contributed by atoms with Crippen LogP contribution in [0.4, 0.5) is 5.82 Å². The molecule has 16 heavy (non-hydrogen) atoms. The van der Waals surface area contributed by atoms with Gasteiger partial charge < -0.3 is 10.0 Å². The maximum absolute atomic E-state index is 11.1. The van der Waals surface area contributed by atoms with E-state index in [4.69, 9.17) is 5.11 Å². The van der Waals surface area contributed by atoms with E-state index in [1.54, 1.807) is 0 Å². The standard InChI is InChI=1S/C10H11N3O3/c14-7-1-3-13(4-2-7)9-5-8(10(15)16)11-6-12-9/h5-6H,1-4H2,(H,15,16). The highest BCUT2D eigenvalue weighted by atomic mass is 16.4. The fourth-order valence-corrected chi connectivity index (χ4v) is 1.62. The maximum atomic E-state index is 11.1. The summed E-state index contributed by atoms with van der Waals surface area (Å²) >= 11 is 0. The van der Waals surface area contributed by atoms with Crippen LogP contribution in [-0.4, -0.2) is 39.9 Å². The van der Waals surface area contributed by atoms with Gasteiger partial charge in [0.25, 0.3) is 0 Å². The molecule has 0 aromatic carbocycles. The number of hydrogen-bond acceptors (Lipinski definition) is 5. The summed E-state index contributed by atoms with van der Waals surface area (Å²) in [4.78, 5) is 31.3. The van der Waals surface area contributed by atoms with Crippen LogP contribution in [0, 0.1) is 0 Å². The first kappa shape index (κ1) is 10.5. The molecule has 0 bridgehead atoms. The van der Waals surface area contributed by atoms with Gasteiger partial charge in [0.1, 0.15) is 17.9 Å². The van der Waals surface area contributed by atoms with Gasteiger partial charge in [-0.2, -0.15) is 0 Å². The minimum atomic E-state index is -1.07. The Morgan fingerprint density at radius 1 is 1.31 bits per heavy atom. The first-order chi connectivity index (χ1) is 7.66. The van der Waals surface area contributed by atoms with Gasteiger partial charge in [0.2, 0.25) is 0 Å². The lowest BCUT2D eigenvalue weighted by Gasteiger charge is -2.26. The van der Waals surface area contributed by atoms with Crippen molar-refractivity contribution in [1.29, 1.82) is 0 Å². The lowest BCUT2D eigenvalue weighted by Crippen LogP contribution is -2.34. The molecule has 2 rings (SSSR count). The second-order valence-electron chi connectivity index (χ2n) is 3.59. The van der Waals surface area contributed by atoms with E-state index < -0.39 is 5.97 Å². The van der Waals surface area contributed by atoms with Crippen molar-refractivity contribution < 1.29 is 14.7 Å². The highest BCUT2D eigenvalue weighted by molar-refractivity contribution is 5.86. The topological polar surface area (TPSA) is 83.4 Å². The Balaban J connectivity index is 2.17. The van der Waals surface area contributed by atoms with E-state index in [1.807, 2.05) is 4.90 Å². The third kappa shape index (κ3) is 2.16. The fourth-order valence-electron chi connectivity index (χ4n) is 1.62. The smallest absolute Gasteiger partial charge is 0.354 e. The van der Waals surface area contributed by atoms with Gasteiger partial charge in [-0.3, -0.25) is 4.79 Å². The van der Waals surface area contributed by atoms with Gasteiger partial charge in [0.05, 0.1) is 0 Å². The molecule has 1 N–H and O–H groups in total. The van der Waals surface area contributed by atoms with Gasteiger partial charge in [-0.25, -0.2) is 14.8 Å². The van der Waals surface area contributed by atoms with Crippen LogP contribution in [0.3, 0.4) is 0 Å². The Labute approximate surface area is 91.9 Å². The van der Waals surface area contributed by atoms with Crippen LogP contribution in [0.15, 0.2) is 12.4 Å². The zero-order chi connectivity index (χ0) is 11.5. The van der Waals surface area contributed by atoms with Gasteiger partial charge in [0.15, 0.2) is 5.69 Å². The molecule has 6 heteroatoms. The van der Waals surface area contributed by atoms with Crippen LogP contribution in [0.1, 0.15) is 23.3 Å². The number of hydrogen-bond donors (Lipinski definition) is 1. The van der Waals surface area contributed by atoms with Crippen LogP contribution in [-0.2, 0) is 4.79 Å². The number of piperidine rings is 1. The van der Waals surface area contributed by atoms with Gasteiger partial charge in [-0.15, -0.1) is 0 Å². The molecule has 1 aliphatic heterocycles. The zero-order valence-electron chi connectivity index (χ0n) is 8.59. The van der Waals surface area contributed by atoms with E-state index in [2.05, 4.69) is 9.97 Å². The summed E-state index contributed by atoms with van der Waals surface area (Å²) in [7, 11) is 0. The number of anilines is 1. The molecule has 0 spiro atoms. The molecule has 0 aliphatic carbocycles. The summed E-state index contributed by atoms with van der Waals surface area (Å²) in [5, 5.41) is 8.79. The SMILES string of the molecule is O=C1CCN(c2cc(C(=O)O)ncn2)CC1. The molecule has 0 radical (unpaired) electrons. The maximum Gasteiger partial charge on any atom is 0.354 e. The summed E-state index contributed by atoms with van der Waals surface area (Å²) in [6, 6.07) is 1.43. The normalized spacial score (nSPS) is 16.2. The van der Waals surface area contributed by atoms with Crippen molar-refractivity contribution in [3.63, 3.8) is 0 Å². The number of carboxylic acid groups (broad SMARTS) is 1. The number of carbonyl (C=O) groups is 2. The lowest BCUT2D eigenvalue weighted by molar-refractivity contribution is -0.119. The molecule has 1 aliphatic rings. The average molecular weight is 221 g/mol. The van der Waals surface area contributed by atoms with Crippen molar-refractivity contribution in [2.75, 3.05) is 18.0 Å². The number of rotatable bonds is 2. The Morgan fingerprint density at radius 2 is 2.00 bits per heavy atom. The summed E-state index contributed by atoms with van der Waals surface area (Å²) in [5.74, 6) is -0.264. The van der Waals surface area contributed by atoms with E-state index in [0.717, 1.165) is 0 Å². The summed E-state index contributed by atoms with van der Waals surface area (Å²) < 4.78 is 0. The fraction of sp³-hybridized carbons (Fsp3) is 0.400. The molecule has 1 fully saturated rings. The molecule has 0 amide bonds. The Hall–Kier alpha value is -1.98. The molecule has 0 unspecified atom stereocenters. The van der Waals surface area contributed by atoms with Gasteiger partial charge in [-0.05, 0) is 0 Å². The molecule has 84 valence electrons. The predicted molar refractivity (Wildman–Crippen MR) is 55.4 cm³/mol. The number of aromatic carboxylic acids is 1. The minimum absolute atomic E-state index is 0.0260. The Bertz CT molecular complexity index is 423. The Kier molecular flexibility index (Phi) is 2.80. The number of aromatic nitrogens is 2. The lowest BCUT2D eigenvalue weighted by atomic mass is 10.1. The van der Waals surface area contributed by atoms with Crippen LogP contribution in [0.5, 0.6) is 0 Å². The highest BCUT2D eigenvalue weighted by Gasteiger charge is 2.18. The minimum Gasteiger partial charge on any atom is -0.477 e. The van der Waals surface area contributed by atoms with Crippen molar-refractivity contribution in [2.24, 2.45) is 0 Å². The van der Waals surface area contributed by atoms with E-state index in [-0.39, 0.29) is 11.5 Å². The van der Waals surface area contributed by atoms with E-state index in [0.29, 0.717) is 31.7 Å². The third-order valence-corrected chi connectivity index (χ3v) is 2.52. The third-order valence-electron chi connectivity index (χ3n) is 2.52. The summed E-state index contributed by atoms with van der Waals surface area (Å²) in [5.41, 5.74) is -0.0260. The second-order valence-corrected chi connectivity index (χ2v) is 3.59. The monoisotopic (exact) mass is 221 g/mol. The molecule has 1 aromatic rings. The molecular weight excluding hydrogens is 210 g/mol. The summed E-state index contributed by atoms with van der Waals surface area (Å²) in [6.45, 7) is 1.18. The van der Waals surface area contributed by atoms with Crippen molar-refractivity contribution in [1.82, 2.24) is 9.97 Å². The largest absolute Gasteiger partial charge is 0.477 e. The first-order valence-corrected chi connectivity index (χ1v) is 4.99. The highest BCUT2D eigenvalue weighted by Crippen LogP contribution is 2.15. The molecule has 1 saturated heterocycles. The van der Waals surface area contributed by atoms with Gasteiger partial charge in [0, 0.05) is 32.0 Å². The zero-order valence-corrected chi connectivity index (χ0v) is 8.59. The molecule has 6 nitrogen and oxygen atoms in total. The van der Waals surface area contributed by atoms with E-state index >= 15 is 0 Å². The van der Waals surface area contributed by atoms with E-state index in [9.17, 15) is 9.59 Å². The summed E-state index contributed by atoms with van der Waals surface area (Å²) in [6.07, 6.45) is 2.22. The van der Waals surface area contributed by atoms with Crippen LogP contribution >= 0.6 is 0 Å². The van der Waals surface area contributed by atoms with Crippen LogP contribution in [0.25, 0.3) is 0 Å². The first-order valence-electron chi connectivity index (χ1n) is 4.99. The molecule has 1 aromatic heterocycles. The predicted octanol–water partition coefficient (Wildman–Crippen LogP) is 0.344. The number of carboxylic acids is 1. The van der Waals surface area contributed by atoms with Gasteiger partial charge in [-0.1, -0.05) is 0 Å². The average Bonchev–Trinajstić information content (AvgIpc) is 2.30. The van der Waals surface area contributed by atoms with E-state index in [1.165, 1.54) is 12.4 Å². The number of ketones is 1. The van der Waals surface area contributed by atoms with Crippen LogP contribution in [0.2, 0.25) is 0 Å². The molecule has 0 atom stereocenters. The van der Waals surface area contributed by atoms with Crippen molar-refractivity contribution >= 4 is 17.6 Å². The Morgan fingerprint density at radius 3 is 2.62 bits per heavy atom. The van der Waals surface area contributed by atoms with Crippen molar-refractivity contribution in [2.45, 2.75) is 12.8 Å².